The highest BCUT2D eigenvalue weighted by atomic mass is 19.4. The lowest BCUT2D eigenvalue weighted by Crippen LogP contribution is -2.51. The second-order valence-corrected chi connectivity index (χ2v) is 9.62. The summed E-state index contributed by atoms with van der Waals surface area (Å²) >= 11 is 0. The van der Waals surface area contributed by atoms with Crippen LogP contribution in [0.25, 0.3) is 0 Å². The normalized spacial score (nSPS) is 17.4. The van der Waals surface area contributed by atoms with E-state index in [1.165, 1.54) is 26.1 Å². The van der Waals surface area contributed by atoms with Crippen molar-refractivity contribution in [3.8, 4) is 0 Å². The summed E-state index contributed by atoms with van der Waals surface area (Å²) in [7, 11) is 1.17. The topological polar surface area (TPSA) is 63.7 Å². The summed E-state index contributed by atoms with van der Waals surface area (Å²) in [5.41, 5.74) is -5.38. The van der Waals surface area contributed by atoms with Crippen molar-refractivity contribution in [1.29, 1.82) is 0 Å². The smallest absolute Gasteiger partial charge is 0.416 e. The molecule has 13 heteroatoms. The Morgan fingerprint density at radius 1 is 0.949 bits per heavy atom. The first-order chi connectivity index (χ1) is 17.9. The zero-order chi connectivity index (χ0) is 29.3. The van der Waals surface area contributed by atoms with E-state index in [2.05, 4.69) is 0 Å². The number of alkyl halides is 7. The number of halogens is 8. The Kier molecular flexibility index (Phi) is 8.51. The maximum absolute atomic E-state index is 16.2. The lowest BCUT2D eigenvalue weighted by Gasteiger charge is -2.42. The Bertz CT molecular complexity index is 1160. The Balaban J connectivity index is 1.91. The largest absolute Gasteiger partial charge is 0.530 e. The van der Waals surface area contributed by atoms with Gasteiger partial charge in [0, 0.05) is 32.5 Å². The molecule has 0 saturated carbocycles. The highest BCUT2D eigenvalue weighted by molar-refractivity contribution is 5.77. The molecule has 214 valence electrons. The second kappa shape index (κ2) is 11.0. The lowest BCUT2D eigenvalue weighted by molar-refractivity contribution is -0.267. The maximum atomic E-state index is 16.2. The third-order valence-corrected chi connectivity index (χ3v) is 7.20. The van der Waals surface area contributed by atoms with Gasteiger partial charge in [0.05, 0.1) is 17.2 Å². The van der Waals surface area contributed by atoms with Crippen molar-refractivity contribution < 1.29 is 49.8 Å². The fourth-order valence-corrected chi connectivity index (χ4v) is 4.68. The van der Waals surface area contributed by atoms with Crippen molar-refractivity contribution in [1.82, 2.24) is 9.80 Å². The van der Waals surface area contributed by atoms with Crippen LogP contribution >= 0.6 is 0 Å². The number of hydrogen-bond donors (Lipinski definition) is 0. The standard InChI is InChI=1S/C26H26F8N2O3/c1-15(17-11-18(25(29,30)31)13-19(12-17)26(32,33)34)35(2)22(37)14-21(16-3-5-20(27)6-4-16)24(28)7-9-36(10-8-24)23(38)39/h3-6,11-13,15,21H,7-10,14H2,1-2H3,(H,38,39)/p-1/t15-,21?/m0/s1. The number of rotatable bonds is 6. The first kappa shape index (κ1) is 30.2. The minimum Gasteiger partial charge on any atom is -0.530 e. The van der Waals surface area contributed by atoms with Gasteiger partial charge in [-0.3, -0.25) is 4.79 Å². The van der Waals surface area contributed by atoms with Crippen LogP contribution in [0, 0.1) is 5.82 Å². The van der Waals surface area contributed by atoms with Crippen molar-refractivity contribution in [3.63, 3.8) is 0 Å². The number of likely N-dealkylation sites (tertiary alicyclic amines) is 1. The zero-order valence-corrected chi connectivity index (χ0v) is 20.9. The fraction of sp³-hybridized carbons (Fsp3) is 0.462. The molecule has 1 aliphatic heterocycles. The average molecular weight is 565 g/mol. The van der Waals surface area contributed by atoms with E-state index in [4.69, 9.17) is 0 Å². The molecule has 1 heterocycles. The minimum absolute atomic E-state index is 0.0194. The lowest BCUT2D eigenvalue weighted by atomic mass is 9.75. The van der Waals surface area contributed by atoms with Crippen molar-refractivity contribution in [3.05, 3.63) is 70.5 Å². The predicted molar refractivity (Wildman–Crippen MR) is 121 cm³/mol. The average Bonchev–Trinajstić information content (AvgIpc) is 2.85. The van der Waals surface area contributed by atoms with Crippen LogP contribution in [0.4, 0.5) is 39.9 Å². The van der Waals surface area contributed by atoms with Crippen molar-refractivity contribution in [2.24, 2.45) is 0 Å². The van der Waals surface area contributed by atoms with E-state index in [0.29, 0.717) is 12.1 Å². The van der Waals surface area contributed by atoms with Crippen LogP contribution in [0.15, 0.2) is 42.5 Å². The van der Waals surface area contributed by atoms with Gasteiger partial charge < -0.3 is 19.7 Å². The molecule has 0 spiro atoms. The molecular formula is C26H25F8N2O3-. The zero-order valence-electron chi connectivity index (χ0n) is 20.9. The van der Waals surface area contributed by atoms with Crippen molar-refractivity contribution >= 4 is 12.0 Å². The molecule has 1 aliphatic rings. The van der Waals surface area contributed by atoms with Gasteiger partial charge in [0.2, 0.25) is 5.91 Å². The van der Waals surface area contributed by atoms with E-state index >= 15 is 4.39 Å². The fourth-order valence-electron chi connectivity index (χ4n) is 4.68. The van der Waals surface area contributed by atoms with E-state index in [1.807, 2.05) is 0 Å². The van der Waals surface area contributed by atoms with Crippen LogP contribution in [0.2, 0.25) is 0 Å². The number of nitrogens with zero attached hydrogens (tertiary/aromatic N) is 2. The first-order valence-corrected chi connectivity index (χ1v) is 11.9. The molecule has 0 bridgehead atoms. The van der Waals surface area contributed by atoms with E-state index in [9.17, 15) is 45.4 Å². The van der Waals surface area contributed by atoms with Crippen LogP contribution in [0.3, 0.4) is 0 Å². The van der Waals surface area contributed by atoms with Crippen LogP contribution in [-0.4, -0.2) is 47.6 Å². The van der Waals surface area contributed by atoms with Gasteiger partial charge in [-0.05, 0) is 61.2 Å². The Morgan fingerprint density at radius 3 is 1.87 bits per heavy atom. The van der Waals surface area contributed by atoms with Gasteiger partial charge in [-0.15, -0.1) is 0 Å². The van der Waals surface area contributed by atoms with E-state index in [1.54, 1.807) is 0 Å². The summed E-state index contributed by atoms with van der Waals surface area (Å²) in [6.07, 6.45) is -12.8. The number of piperidine rings is 1. The first-order valence-electron chi connectivity index (χ1n) is 11.9. The second-order valence-electron chi connectivity index (χ2n) is 9.62. The Morgan fingerprint density at radius 2 is 1.44 bits per heavy atom. The van der Waals surface area contributed by atoms with Crippen LogP contribution in [0.5, 0.6) is 0 Å². The molecule has 39 heavy (non-hydrogen) atoms. The van der Waals surface area contributed by atoms with E-state index < -0.39 is 70.9 Å². The van der Waals surface area contributed by atoms with Gasteiger partial charge in [0.1, 0.15) is 17.6 Å². The highest BCUT2D eigenvalue weighted by Crippen LogP contribution is 2.43. The Labute approximate surface area is 219 Å². The molecule has 0 radical (unpaired) electrons. The third-order valence-electron chi connectivity index (χ3n) is 7.20. The SMILES string of the molecule is C[C@@H](c1cc(C(F)(F)F)cc(C(F)(F)F)c1)N(C)C(=O)CC(c1ccc(F)cc1)C1(F)CCN(C(=O)[O-])CC1. The Hall–Kier alpha value is -3.38. The quantitative estimate of drug-likeness (QED) is 0.422. The summed E-state index contributed by atoms with van der Waals surface area (Å²) in [6.45, 7) is 0.798. The maximum Gasteiger partial charge on any atom is 0.416 e. The van der Waals surface area contributed by atoms with Crippen LogP contribution in [-0.2, 0) is 17.1 Å². The van der Waals surface area contributed by atoms with Crippen molar-refractivity contribution in [2.75, 3.05) is 20.1 Å². The minimum atomic E-state index is -5.08. The molecule has 2 atom stereocenters. The third kappa shape index (κ3) is 6.99. The van der Waals surface area contributed by atoms with Crippen molar-refractivity contribution in [2.45, 2.75) is 56.2 Å². The highest BCUT2D eigenvalue weighted by Gasteiger charge is 2.44. The molecule has 1 saturated heterocycles. The number of carbonyl (C=O) groups is 2. The summed E-state index contributed by atoms with van der Waals surface area (Å²) in [4.78, 5) is 26.2. The predicted octanol–water partition coefficient (Wildman–Crippen LogP) is 5.70. The van der Waals surface area contributed by atoms with Gasteiger partial charge in [-0.25, -0.2) is 8.78 Å². The number of carboxylic acid groups (broad SMARTS) is 1. The molecule has 1 unspecified atom stereocenters. The van der Waals surface area contributed by atoms with Gasteiger partial charge in [0.25, 0.3) is 0 Å². The summed E-state index contributed by atoms with van der Waals surface area (Å²) < 4.78 is 110. The summed E-state index contributed by atoms with van der Waals surface area (Å²) in [5, 5.41) is 11.1. The molecule has 0 aliphatic carbocycles. The molecule has 3 rings (SSSR count). The molecular weight excluding hydrogens is 540 g/mol. The molecule has 2 amide bonds. The van der Waals surface area contributed by atoms with E-state index in [0.717, 1.165) is 21.9 Å². The molecule has 1 fully saturated rings. The molecule has 2 aromatic rings. The van der Waals surface area contributed by atoms with Gasteiger partial charge in [0.15, 0.2) is 0 Å². The molecule has 2 aromatic carbocycles. The van der Waals surface area contributed by atoms with E-state index in [-0.39, 0.29) is 37.6 Å². The summed E-state index contributed by atoms with van der Waals surface area (Å²) in [5.74, 6) is -2.61. The summed E-state index contributed by atoms with van der Waals surface area (Å²) in [6, 6.07) is 4.41. The van der Waals surface area contributed by atoms with Gasteiger partial charge in [-0.1, -0.05) is 12.1 Å². The van der Waals surface area contributed by atoms with Crippen LogP contribution in [0.1, 0.15) is 60.4 Å². The number of carbonyl (C=O) groups excluding carboxylic acids is 2. The van der Waals surface area contributed by atoms with Gasteiger partial charge >= 0.3 is 12.4 Å². The number of benzene rings is 2. The number of hydrogen-bond acceptors (Lipinski definition) is 3. The molecule has 0 aromatic heterocycles. The van der Waals surface area contributed by atoms with Crippen LogP contribution < -0.4 is 5.11 Å². The molecule has 5 nitrogen and oxygen atoms in total. The monoisotopic (exact) mass is 565 g/mol. The molecule has 0 N–H and O–H groups in total. The number of amides is 2. The van der Waals surface area contributed by atoms with Gasteiger partial charge in [-0.2, -0.15) is 26.3 Å².